The second kappa shape index (κ2) is 10.6. The summed E-state index contributed by atoms with van der Waals surface area (Å²) in [4.78, 5) is 32.4. The molecule has 1 aliphatic rings. The summed E-state index contributed by atoms with van der Waals surface area (Å²) in [6.07, 6.45) is 0.957. The highest BCUT2D eigenvalue weighted by Crippen LogP contribution is 2.33. The number of nitrogens with zero attached hydrogens (tertiary/aromatic N) is 5. The van der Waals surface area contributed by atoms with Gasteiger partial charge in [-0.25, -0.2) is 0 Å². The first-order valence-electron chi connectivity index (χ1n) is 11.6. The number of anilines is 4. The Morgan fingerprint density at radius 3 is 2.50 bits per heavy atom. The molecule has 1 aliphatic heterocycles. The summed E-state index contributed by atoms with van der Waals surface area (Å²) in [5.74, 6) is 0.0890. The number of carbonyl (C=O) groups excluding carboxylic acids is 2. The fraction of sp³-hybridized carbons (Fsp3) is 0.320. The third kappa shape index (κ3) is 5.36. The normalized spacial score (nSPS) is 13.0. The van der Waals surface area contributed by atoms with E-state index in [4.69, 9.17) is 10.5 Å². The van der Waals surface area contributed by atoms with Crippen LogP contribution in [0.25, 0.3) is 0 Å². The quantitative estimate of drug-likeness (QED) is 0.435. The van der Waals surface area contributed by atoms with Crippen molar-refractivity contribution in [3.8, 4) is 5.75 Å². The second-order valence-corrected chi connectivity index (χ2v) is 8.66. The number of ether oxygens (including phenoxy) is 1. The molecule has 11 heteroatoms. The maximum atomic E-state index is 12.1. The second-order valence-electron chi connectivity index (χ2n) is 8.66. The number of primary amides is 1. The van der Waals surface area contributed by atoms with E-state index in [1.165, 1.54) is 16.0 Å². The Kier molecular flexibility index (Phi) is 7.30. The van der Waals surface area contributed by atoms with Gasteiger partial charge in [0.1, 0.15) is 5.75 Å². The van der Waals surface area contributed by atoms with Crippen molar-refractivity contribution < 1.29 is 14.3 Å². The van der Waals surface area contributed by atoms with Crippen molar-refractivity contribution in [2.24, 2.45) is 5.73 Å². The van der Waals surface area contributed by atoms with E-state index in [-0.39, 0.29) is 23.4 Å². The van der Waals surface area contributed by atoms with Crippen LogP contribution < -0.4 is 21.1 Å². The maximum Gasteiger partial charge on any atom is 0.273 e. The molecule has 2 amide bonds. The predicted molar refractivity (Wildman–Crippen MR) is 137 cm³/mol. The summed E-state index contributed by atoms with van der Waals surface area (Å²) < 4.78 is 5.60. The van der Waals surface area contributed by atoms with Gasteiger partial charge in [-0.05, 0) is 60.5 Å². The van der Waals surface area contributed by atoms with E-state index in [0.29, 0.717) is 22.7 Å². The van der Waals surface area contributed by atoms with Crippen LogP contribution in [0.4, 0.5) is 23.1 Å². The number of nitrogens with two attached hydrogens (primary N) is 1. The van der Waals surface area contributed by atoms with Gasteiger partial charge in [0.05, 0.1) is 12.8 Å². The van der Waals surface area contributed by atoms with E-state index in [1.54, 1.807) is 45.5 Å². The number of amides is 2. The van der Waals surface area contributed by atoms with Crippen molar-refractivity contribution in [3.63, 3.8) is 0 Å². The van der Waals surface area contributed by atoms with Crippen molar-refractivity contribution in [2.45, 2.75) is 19.9 Å². The van der Waals surface area contributed by atoms with Crippen LogP contribution >= 0.6 is 0 Å². The average Bonchev–Trinajstić information content (AvgIpc) is 2.87. The minimum atomic E-state index is -0.769. The summed E-state index contributed by atoms with van der Waals surface area (Å²) in [6.45, 7) is 4.99. The van der Waals surface area contributed by atoms with E-state index < -0.39 is 5.91 Å². The molecule has 0 bridgehead atoms. The number of likely N-dealkylation sites (N-methyl/N-ethyl adjacent to an activating group) is 1. The van der Waals surface area contributed by atoms with Gasteiger partial charge >= 0.3 is 0 Å². The standard InChI is InChI=1S/C25H30N8O3/c1-5-33-11-10-16-13-20(36-4)19(12-17(16)14-33)28-25-29-23(21(22(26)34)30-31-25)27-18-8-6-15(7-9-18)24(35)32(2)3/h6-9,12-13H,5,10-11,14H2,1-4H3,(H2,26,34)(H2,27,28,29,31). The summed E-state index contributed by atoms with van der Waals surface area (Å²) in [7, 11) is 4.99. The van der Waals surface area contributed by atoms with Crippen molar-refractivity contribution >= 4 is 35.0 Å². The zero-order valence-corrected chi connectivity index (χ0v) is 20.8. The molecule has 0 radical (unpaired) electrons. The van der Waals surface area contributed by atoms with E-state index in [9.17, 15) is 9.59 Å². The topological polar surface area (TPSA) is 139 Å². The minimum absolute atomic E-state index is 0.106. The highest BCUT2D eigenvalue weighted by Gasteiger charge is 2.20. The Morgan fingerprint density at radius 1 is 1.11 bits per heavy atom. The van der Waals surface area contributed by atoms with Gasteiger partial charge in [0.15, 0.2) is 11.5 Å². The van der Waals surface area contributed by atoms with Gasteiger partial charge < -0.3 is 26.0 Å². The molecule has 3 aromatic rings. The van der Waals surface area contributed by atoms with Gasteiger partial charge in [0.2, 0.25) is 5.95 Å². The maximum absolute atomic E-state index is 12.1. The molecule has 11 nitrogen and oxygen atoms in total. The summed E-state index contributed by atoms with van der Waals surface area (Å²) in [5, 5.41) is 14.2. The van der Waals surface area contributed by atoms with Gasteiger partial charge in [0.25, 0.3) is 11.8 Å². The Morgan fingerprint density at radius 2 is 1.86 bits per heavy atom. The Labute approximate surface area is 209 Å². The van der Waals surface area contributed by atoms with Gasteiger partial charge in [-0.15, -0.1) is 10.2 Å². The lowest BCUT2D eigenvalue weighted by Gasteiger charge is -2.28. The van der Waals surface area contributed by atoms with Gasteiger partial charge in [-0.2, -0.15) is 4.98 Å². The number of hydrogen-bond acceptors (Lipinski definition) is 9. The minimum Gasteiger partial charge on any atom is -0.495 e. The summed E-state index contributed by atoms with van der Waals surface area (Å²) in [6, 6.07) is 10.9. The molecule has 0 aliphatic carbocycles. The molecular weight excluding hydrogens is 460 g/mol. The number of nitrogens with one attached hydrogen (secondary N) is 2. The van der Waals surface area contributed by atoms with Crippen LogP contribution in [0.2, 0.25) is 0 Å². The molecule has 2 heterocycles. The van der Waals surface area contributed by atoms with Crippen molar-refractivity contribution in [2.75, 3.05) is 44.9 Å². The molecule has 0 saturated carbocycles. The molecule has 1 aromatic heterocycles. The number of rotatable bonds is 8. The zero-order valence-electron chi connectivity index (χ0n) is 20.8. The van der Waals surface area contributed by atoms with Crippen LogP contribution in [0.1, 0.15) is 38.9 Å². The number of carbonyl (C=O) groups is 2. The SMILES string of the molecule is CCN1CCc2cc(OC)c(Nc3nnc(C(N)=O)c(Nc4ccc(C(=O)N(C)C)cc4)n3)cc2C1. The van der Waals surface area contributed by atoms with Crippen molar-refractivity contribution in [1.29, 1.82) is 0 Å². The fourth-order valence-electron chi connectivity index (χ4n) is 4.03. The van der Waals surface area contributed by atoms with E-state index >= 15 is 0 Å². The molecule has 0 atom stereocenters. The first kappa shape index (κ1) is 24.9. The third-order valence-electron chi connectivity index (χ3n) is 6.03. The van der Waals surface area contributed by atoms with Crippen LogP contribution in [0.3, 0.4) is 0 Å². The number of hydrogen-bond donors (Lipinski definition) is 3. The van der Waals surface area contributed by atoms with Crippen LogP contribution in [0, 0.1) is 0 Å². The monoisotopic (exact) mass is 490 g/mol. The van der Waals surface area contributed by atoms with Crippen LogP contribution in [-0.4, -0.2) is 71.1 Å². The Hall–Kier alpha value is -4.25. The number of aromatic nitrogens is 3. The first-order valence-corrected chi connectivity index (χ1v) is 11.6. The molecule has 0 saturated heterocycles. The van der Waals surface area contributed by atoms with Crippen LogP contribution in [0.5, 0.6) is 5.75 Å². The molecule has 36 heavy (non-hydrogen) atoms. The highest BCUT2D eigenvalue weighted by molar-refractivity contribution is 5.96. The number of fused-ring (bicyclic) bond motifs is 1. The molecular formula is C25H30N8O3. The Balaban J connectivity index is 1.62. The van der Waals surface area contributed by atoms with E-state index in [2.05, 4.69) is 37.6 Å². The van der Waals surface area contributed by atoms with E-state index in [1.807, 2.05) is 12.1 Å². The smallest absolute Gasteiger partial charge is 0.273 e. The van der Waals surface area contributed by atoms with Gasteiger partial charge in [-0.1, -0.05) is 6.92 Å². The fourth-order valence-corrected chi connectivity index (χ4v) is 4.03. The van der Waals surface area contributed by atoms with Crippen molar-refractivity contribution in [3.05, 3.63) is 58.8 Å². The molecule has 2 aromatic carbocycles. The predicted octanol–water partition coefficient (Wildman–Crippen LogP) is 2.55. The first-order chi connectivity index (χ1) is 17.3. The zero-order chi connectivity index (χ0) is 25.8. The van der Waals surface area contributed by atoms with Gasteiger partial charge in [0, 0.05) is 38.4 Å². The molecule has 188 valence electrons. The highest BCUT2D eigenvalue weighted by atomic mass is 16.5. The van der Waals surface area contributed by atoms with E-state index in [0.717, 1.165) is 26.1 Å². The van der Waals surface area contributed by atoms with Crippen LogP contribution in [0.15, 0.2) is 36.4 Å². The van der Waals surface area contributed by atoms with Gasteiger partial charge in [-0.3, -0.25) is 14.5 Å². The lowest BCUT2D eigenvalue weighted by Crippen LogP contribution is -2.30. The Bertz CT molecular complexity index is 1280. The molecule has 4 rings (SSSR count). The summed E-state index contributed by atoms with van der Waals surface area (Å²) >= 11 is 0. The molecule has 0 fully saturated rings. The average molecular weight is 491 g/mol. The largest absolute Gasteiger partial charge is 0.495 e. The molecule has 0 unspecified atom stereocenters. The molecule has 0 spiro atoms. The number of benzene rings is 2. The summed E-state index contributed by atoms with van der Waals surface area (Å²) in [5.41, 5.74) is 9.68. The van der Waals surface area contributed by atoms with Crippen molar-refractivity contribution in [1.82, 2.24) is 25.0 Å². The third-order valence-corrected chi connectivity index (χ3v) is 6.03. The molecule has 4 N–H and O–H groups in total. The lowest BCUT2D eigenvalue weighted by atomic mass is 9.98. The lowest BCUT2D eigenvalue weighted by molar-refractivity contribution is 0.0827. The van der Waals surface area contributed by atoms with Crippen LogP contribution in [-0.2, 0) is 13.0 Å². The number of methoxy groups -OCH3 is 1.